The molecule has 5 heteroatoms. The summed E-state index contributed by atoms with van der Waals surface area (Å²) in [5.74, 6) is 0.146. The summed E-state index contributed by atoms with van der Waals surface area (Å²) in [5.41, 5.74) is 0. The molecule has 0 rings (SSSR count). The van der Waals surface area contributed by atoms with Gasteiger partial charge in [-0.3, -0.25) is 3.97 Å². The first kappa shape index (κ1) is 18.3. The molecular weight excluding hydrogens is 267 g/mol. The van der Waals surface area contributed by atoms with Crippen LogP contribution in [0.1, 0.15) is 77.6 Å². The van der Waals surface area contributed by atoms with E-state index in [0.29, 0.717) is 6.42 Å². The molecular formula is C13H29O3PS. The predicted octanol–water partition coefficient (Wildman–Crippen LogP) is 4.43. The molecule has 110 valence electrons. The molecule has 0 saturated heterocycles. The molecule has 0 N–H and O–H groups in total. The molecule has 0 bridgehead atoms. The summed E-state index contributed by atoms with van der Waals surface area (Å²) >= 11 is 0. The van der Waals surface area contributed by atoms with Crippen molar-refractivity contribution in [1.82, 2.24) is 0 Å². The van der Waals surface area contributed by atoms with Crippen LogP contribution in [-0.4, -0.2) is 14.2 Å². The third-order valence-electron chi connectivity index (χ3n) is 3.14. The Balaban J connectivity index is 3.12. The maximum absolute atomic E-state index is 11.0. The Morgan fingerprint density at radius 1 is 0.778 bits per heavy atom. The van der Waals surface area contributed by atoms with Crippen molar-refractivity contribution >= 4 is 19.6 Å². The Morgan fingerprint density at radius 3 is 1.56 bits per heavy atom. The minimum absolute atomic E-state index is 0.146. The fourth-order valence-corrected chi connectivity index (χ4v) is 2.93. The summed E-state index contributed by atoms with van der Waals surface area (Å²) in [6.07, 6.45) is 13.5. The Labute approximate surface area is 115 Å². The standard InChI is InChI=1S/C13H29O3PS/c1-2-3-4-5-6-7-8-9-10-11-12-13-18(14,15)16-17/h2-13,17H2,1H3. The highest BCUT2D eigenvalue weighted by molar-refractivity contribution is 7.88. The average molecular weight is 296 g/mol. The molecule has 0 aromatic carbocycles. The minimum Gasteiger partial charge on any atom is -0.254 e. The van der Waals surface area contributed by atoms with E-state index in [2.05, 4.69) is 10.9 Å². The lowest BCUT2D eigenvalue weighted by Crippen LogP contribution is -2.04. The first-order chi connectivity index (χ1) is 8.62. The summed E-state index contributed by atoms with van der Waals surface area (Å²) in [6, 6.07) is 0. The third kappa shape index (κ3) is 12.8. The smallest absolute Gasteiger partial charge is 0.254 e. The maximum atomic E-state index is 11.0. The molecule has 0 saturated carbocycles. The first-order valence-corrected chi connectivity index (χ1v) is 9.28. The van der Waals surface area contributed by atoms with Gasteiger partial charge in [-0.2, -0.15) is 8.42 Å². The lowest BCUT2D eigenvalue weighted by atomic mass is 10.1. The zero-order chi connectivity index (χ0) is 13.7. The lowest BCUT2D eigenvalue weighted by Gasteiger charge is -2.03. The number of unbranched alkanes of at least 4 members (excludes halogenated alkanes) is 10. The number of rotatable bonds is 13. The van der Waals surface area contributed by atoms with Gasteiger partial charge in [0.15, 0.2) is 0 Å². The van der Waals surface area contributed by atoms with Gasteiger partial charge < -0.3 is 0 Å². The number of hydrogen-bond donors (Lipinski definition) is 0. The van der Waals surface area contributed by atoms with Gasteiger partial charge >= 0.3 is 0 Å². The summed E-state index contributed by atoms with van der Waals surface area (Å²) in [7, 11) is -1.47. The van der Waals surface area contributed by atoms with E-state index in [9.17, 15) is 8.42 Å². The van der Waals surface area contributed by atoms with Crippen LogP contribution >= 0.6 is 9.47 Å². The molecule has 0 aliphatic heterocycles. The van der Waals surface area contributed by atoms with Gasteiger partial charge in [0.1, 0.15) is 0 Å². The molecule has 0 spiro atoms. The van der Waals surface area contributed by atoms with Gasteiger partial charge in [0.2, 0.25) is 0 Å². The normalized spacial score (nSPS) is 11.9. The van der Waals surface area contributed by atoms with Crippen LogP contribution < -0.4 is 0 Å². The van der Waals surface area contributed by atoms with Crippen molar-refractivity contribution < 1.29 is 12.4 Å². The van der Waals surface area contributed by atoms with Crippen molar-refractivity contribution in [2.45, 2.75) is 77.6 Å². The average Bonchev–Trinajstić information content (AvgIpc) is 2.36. The van der Waals surface area contributed by atoms with Gasteiger partial charge in [0.05, 0.1) is 5.75 Å². The van der Waals surface area contributed by atoms with Crippen LogP contribution in [0.25, 0.3) is 0 Å². The fraction of sp³-hybridized carbons (Fsp3) is 1.00. The van der Waals surface area contributed by atoms with Crippen molar-refractivity contribution in [3.05, 3.63) is 0 Å². The van der Waals surface area contributed by atoms with Crippen LogP contribution in [0.2, 0.25) is 0 Å². The minimum atomic E-state index is -3.27. The third-order valence-corrected chi connectivity index (χ3v) is 5.11. The van der Waals surface area contributed by atoms with Crippen LogP contribution in [0, 0.1) is 0 Å². The molecule has 0 aromatic rings. The van der Waals surface area contributed by atoms with E-state index >= 15 is 0 Å². The zero-order valence-corrected chi connectivity index (χ0v) is 13.7. The predicted molar refractivity (Wildman–Crippen MR) is 81.0 cm³/mol. The summed E-state index contributed by atoms with van der Waals surface area (Å²) in [4.78, 5) is 0. The highest BCUT2D eigenvalue weighted by Crippen LogP contribution is 2.12. The van der Waals surface area contributed by atoms with E-state index in [4.69, 9.17) is 0 Å². The number of hydrogen-bond acceptors (Lipinski definition) is 3. The van der Waals surface area contributed by atoms with Crippen LogP contribution in [0.4, 0.5) is 0 Å². The highest BCUT2D eigenvalue weighted by Gasteiger charge is 2.06. The largest absolute Gasteiger partial charge is 0.269 e. The van der Waals surface area contributed by atoms with Gasteiger partial charge in [-0.1, -0.05) is 71.1 Å². The van der Waals surface area contributed by atoms with Crippen LogP contribution in [0.3, 0.4) is 0 Å². The van der Waals surface area contributed by atoms with E-state index in [1.54, 1.807) is 9.47 Å². The molecule has 0 amide bonds. The quantitative estimate of drug-likeness (QED) is 0.373. The van der Waals surface area contributed by atoms with Crippen molar-refractivity contribution in [2.24, 2.45) is 0 Å². The van der Waals surface area contributed by atoms with E-state index in [1.807, 2.05) is 0 Å². The molecule has 0 aliphatic carbocycles. The highest BCUT2D eigenvalue weighted by atomic mass is 32.2. The molecule has 0 radical (unpaired) electrons. The topological polar surface area (TPSA) is 43.4 Å². The second-order valence-electron chi connectivity index (χ2n) is 4.89. The van der Waals surface area contributed by atoms with Gasteiger partial charge in [-0.05, 0) is 6.42 Å². The first-order valence-electron chi connectivity index (χ1n) is 7.23. The second-order valence-corrected chi connectivity index (χ2v) is 7.19. The second kappa shape index (κ2) is 12.4. The molecule has 18 heavy (non-hydrogen) atoms. The van der Waals surface area contributed by atoms with Crippen LogP contribution in [-0.2, 0) is 14.1 Å². The molecule has 0 aromatic heterocycles. The van der Waals surface area contributed by atoms with E-state index in [0.717, 1.165) is 12.8 Å². The molecule has 0 heterocycles. The Hall–Kier alpha value is 0.340. The Kier molecular flexibility index (Phi) is 12.6. The van der Waals surface area contributed by atoms with Gasteiger partial charge in [-0.25, -0.2) is 0 Å². The van der Waals surface area contributed by atoms with Crippen molar-refractivity contribution in [3.8, 4) is 0 Å². The molecule has 1 unspecified atom stereocenters. The molecule has 3 nitrogen and oxygen atoms in total. The SMILES string of the molecule is CCCCCCCCCCCCCS(=O)(=O)OP. The van der Waals surface area contributed by atoms with Crippen molar-refractivity contribution in [3.63, 3.8) is 0 Å². The van der Waals surface area contributed by atoms with Crippen LogP contribution in [0.15, 0.2) is 0 Å². The Morgan fingerprint density at radius 2 is 1.17 bits per heavy atom. The summed E-state index contributed by atoms with van der Waals surface area (Å²) < 4.78 is 26.4. The lowest BCUT2D eigenvalue weighted by molar-refractivity contribution is 0.510. The monoisotopic (exact) mass is 296 g/mol. The van der Waals surface area contributed by atoms with Gasteiger partial charge in [0.25, 0.3) is 10.1 Å². The zero-order valence-electron chi connectivity index (χ0n) is 11.7. The molecule has 0 aliphatic rings. The Bertz CT molecular complexity index is 265. The maximum Gasteiger partial charge on any atom is 0.269 e. The van der Waals surface area contributed by atoms with Crippen LogP contribution in [0.5, 0.6) is 0 Å². The summed E-state index contributed by atoms with van der Waals surface area (Å²) in [5, 5.41) is 0. The van der Waals surface area contributed by atoms with Crippen molar-refractivity contribution in [1.29, 1.82) is 0 Å². The molecule has 1 atom stereocenters. The van der Waals surface area contributed by atoms with Gasteiger partial charge in [0, 0.05) is 9.47 Å². The fourth-order valence-electron chi connectivity index (χ4n) is 1.99. The van der Waals surface area contributed by atoms with Crippen molar-refractivity contribution in [2.75, 3.05) is 5.75 Å². The van der Waals surface area contributed by atoms with E-state index in [1.165, 1.54) is 51.4 Å². The summed E-state index contributed by atoms with van der Waals surface area (Å²) in [6.45, 7) is 2.24. The van der Waals surface area contributed by atoms with E-state index in [-0.39, 0.29) is 5.75 Å². The molecule has 0 fully saturated rings. The van der Waals surface area contributed by atoms with Gasteiger partial charge in [-0.15, -0.1) is 0 Å². The van der Waals surface area contributed by atoms with E-state index < -0.39 is 10.1 Å².